The first-order valence-electron chi connectivity index (χ1n) is 8.20. The molecule has 2 aromatic rings. The summed E-state index contributed by atoms with van der Waals surface area (Å²) in [4.78, 5) is 18.7. The minimum absolute atomic E-state index is 0.146. The topological polar surface area (TPSA) is 53.4 Å². The molecule has 0 amide bonds. The minimum atomic E-state index is -1.01. The zero-order valence-corrected chi connectivity index (χ0v) is 13.6. The van der Waals surface area contributed by atoms with Crippen LogP contribution in [-0.4, -0.2) is 40.1 Å². The largest absolute Gasteiger partial charge is 0.478 e. The fraction of sp³-hybridized carbons (Fsp3) is 0.444. The number of hydrogen-bond acceptors (Lipinski definition) is 3. The third-order valence-electron chi connectivity index (χ3n) is 5.29. The molecule has 1 N–H and O–H groups in total. The maximum absolute atomic E-state index is 11.4. The Labute approximate surface area is 140 Å². The first-order chi connectivity index (χ1) is 11.1. The number of likely N-dealkylation sites (tertiary alicyclic amines) is 1. The van der Waals surface area contributed by atoms with E-state index < -0.39 is 5.97 Å². The van der Waals surface area contributed by atoms with Crippen molar-refractivity contribution >= 4 is 28.5 Å². The van der Waals surface area contributed by atoms with Gasteiger partial charge in [-0.15, -0.1) is 0 Å². The highest BCUT2D eigenvalue weighted by atomic mass is 35.5. The summed E-state index contributed by atoms with van der Waals surface area (Å²) in [6.07, 6.45) is 4.90. The van der Waals surface area contributed by atoms with Crippen molar-refractivity contribution in [3.63, 3.8) is 0 Å². The van der Waals surface area contributed by atoms with Gasteiger partial charge in [0.25, 0.3) is 0 Å². The molecule has 1 aromatic heterocycles. The molecule has 1 aliphatic heterocycles. The summed E-state index contributed by atoms with van der Waals surface area (Å²) in [6, 6.07) is 7.99. The van der Waals surface area contributed by atoms with Gasteiger partial charge in [0.15, 0.2) is 0 Å². The first kappa shape index (κ1) is 14.9. The highest BCUT2D eigenvalue weighted by molar-refractivity contribution is 6.35. The van der Waals surface area contributed by atoms with Crippen molar-refractivity contribution in [2.24, 2.45) is 0 Å². The van der Waals surface area contributed by atoms with Gasteiger partial charge in [-0.2, -0.15) is 0 Å². The summed E-state index contributed by atoms with van der Waals surface area (Å²) in [5.74, 6) is -0.525. The van der Waals surface area contributed by atoms with Crippen molar-refractivity contribution < 1.29 is 9.90 Å². The van der Waals surface area contributed by atoms with E-state index >= 15 is 0 Å². The van der Waals surface area contributed by atoms with Crippen molar-refractivity contribution in [2.75, 3.05) is 13.1 Å². The van der Waals surface area contributed by atoms with Crippen LogP contribution in [0.1, 0.15) is 47.7 Å². The molecule has 4 nitrogen and oxygen atoms in total. The lowest BCUT2D eigenvalue weighted by molar-refractivity contribution is 0.0699. The molecule has 1 aromatic carbocycles. The Kier molecular flexibility index (Phi) is 3.74. The van der Waals surface area contributed by atoms with E-state index in [1.807, 2.05) is 18.2 Å². The number of aromatic carboxylic acids is 1. The molecule has 0 bridgehead atoms. The van der Waals surface area contributed by atoms with Crippen LogP contribution in [0.3, 0.4) is 0 Å². The number of hydrogen-bond donors (Lipinski definition) is 1. The van der Waals surface area contributed by atoms with Crippen LogP contribution in [0.25, 0.3) is 10.9 Å². The van der Waals surface area contributed by atoms with E-state index in [2.05, 4.69) is 4.90 Å². The van der Waals surface area contributed by atoms with Gasteiger partial charge in [-0.25, -0.2) is 4.79 Å². The van der Waals surface area contributed by atoms with Crippen LogP contribution in [-0.2, 0) is 0 Å². The fourth-order valence-corrected chi connectivity index (χ4v) is 4.15. The Morgan fingerprint density at radius 1 is 1.22 bits per heavy atom. The molecule has 0 spiro atoms. The number of benzene rings is 1. The summed E-state index contributed by atoms with van der Waals surface area (Å²) in [5, 5.41) is 10.2. The van der Waals surface area contributed by atoms with Gasteiger partial charge in [-0.1, -0.05) is 17.7 Å². The minimum Gasteiger partial charge on any atom is -0.478 e. The van der Waals surface area contributed by atoms with Crippen LogP contribution >= 0.6 is 11.6 Å². The summed E-state index contributed by atoms with van der Waals surface area (Å²) in [5.41, 5.74) is 1.95. The average molecular weight is 331 g/mol. The van der Waals surface area contributed by atoms with E-state index in [1.165, 1.54) is 32.4 Å². The van der Waals surface area contributed by atoms with E-state index in [0.29, 0.717) is 17.3 Å². The zero-order valence-electron chi connectivity index (χ0n) is 12.8. The van der Waals surface area contributed by atoms with Gasteiger partial charge in [-0.3, -0.25) is 4.98 Å². The van der Waals surface area contributed by atoms with E-state index in [-0.39, 0.29) is 10.6 Å². The maximum Gasteiger partial charge on any atom is 0.337 e. The van der Waals surface area contributed by atoms with Crippen molar-refractivity contribution in [1.82, 2.24) is 9.88 Å². The third kappa shape index (κ3) is 2.60. The lowest BCUT2D eigenvalue weighted by Crippen LogP contribution is -2.43. The molecule has 1 saturated carbocycles. The van der Waals surface area contributed by atoms with Gasteiger partial charge in [0.2, 0.25) is 0 Å². The second-order valence-electron chi connectivity index (χ2n) is 6.58. The Bertz CT molecular complexity index is 773. The molecule has 1 aliphatic carbocycles. The molecule has 120 valence electrons. The Balaban J connectivity index is 1.64. The van der Waals surface area contributed by atoms with Gasteiger partial charge >= 0.3 is 5.97 Å². The number of aromatic nitrogens is 1. The number of carbonyl (C=O) groups is 1. The zero-order chi connectivity index (χ0) is 16.0. The summed E-state index contributed by atoms with van der Waals surface area (Å²) in [7, 11) is 0. The molecule has 1 saturated heterocycles. The quantitative estimate of drug-likeness (QED) is 0.926. The fourth-order valence-electron chi connectivity index (χ4n) is 3.90. The average Bonchev–Trinajstić information content (AvgIpc) is 2.93. The molecule has 2 atom stereocenters. The van der Waals surface area contributed by atoms with Gasteiger partial charge in [0, 0.05) is 23.0 Å². The van der Waals surface area contributed by atoms with Crippen molar-refractivity contribution in [2.45, 2.75) is 37.6 Å². The third-order valence-corrected chi connectivity index (χ3v) is 5.60. The summed E-state index contributed by atoms with van der Waals surface area (Å²) >= 11 is 6.03. The van der Waals surface area contributed by atoms with Crippen molar-refractivity contribution in [1.29, 1.82) is 0 Å². The molecule has 2 aliphatic rings. The lowest BCUT2D eigenvalue weighted by atomic mass is 10.00. The van der Waals surface area contributed by atoms with Gasteiger partial charge in [0.05, 0.1) is 16.1 Å². The van der Waals surface area contributed by atoms with Crippen LogP contribution in [0.15, 0.2) is 24.3 Å². The molecular weight excluding hydrogens is 312 g/mol. The van der Waals surface area contributed by atoms with Gasteiger partial charge in [0.1, 0.15) is 0 Å². The number of carboxylic acid groups (broad SMARTS) is 1. The summed E-state index contributed by atoms with van der Waals surface area (Å²) < 4.78 is 0. The molecule has 5 heteroatoms. The number of fused-ring (bicyclic) bond motifs is 1. The SMILES string of the molecule is O=C(O)c1c(Cl)ccc2nc(C3CCC(N4CCC4)C3)ccc12. The van der Waals surface area contributed by atoms with E-state index in [9.17, 15) is 9.90 Å². The van der Waals surface area contributed by atoms with Crippen molar-refractivity contribution in [3.05, 3.63) is 40.5 Å². The molecule has 0 radical (unpaired) electrons. The highest BCUT2D eigenvalue weighted by Gasteiger charge is 2.33. The number of carboxylic acids is 1. The standard InChI is InChI=1S/C18H19ClN2O2/c19-14-5-7-16-13(17(14)18(22)23)4-6-15(20-16)11-2-3-12(10-11)21-8-1-9-21/h4-7,11-12H,1-3,8-10H2,(H,22,23). The molecule has 4 rings (SSSR count). The molecule has 23 heavy (non-hydrogen) atoms. The predicted molar refractivity (Wildman–Crippen MR) is 90.3 cm³/mol. The van der Waals surface area contributed by atoms with Crippen LogP contribution in [0.5, 0.6) is 0 Å². The molecule has 2 unspecified atom stereocenters. The highest BCUT2D eigenvalue weighted by Crippen LogP contribution is 2.38. The second kappa shape index (κ2) is 5.77. The normalized spacial score (nSPS) is 24.7. The molecule has 2 heterocycles. The van der Waals surface area contributed by atoms with Crippen LogP contribution in [0, 0.1) is 0 Å². The van der Waals surface area contributed by atoms with Crippen LogP contribution < -0.4 is 0 Å². The van der Waals surface area contributed by atoms with Crippen LogP contribution in [0.2, 0.25) is 5.02 Å². The Morgan fingerprint density at radius 3 is 2.74 bits per heavy atom. The number of pyridine rings is 1. The Hall–Kier alpha value is -1.65. The van der Waals surface area contributed by atoms with E-state index in [0.717, 1.165) is 17.6 Å². The summed E-state index contributed by atoms with van der Waals surface area (Å²) in [6.45, 7) is 2.48. The second-order valence-corrected chi connectivity index (χ2v) is 6.99. The molecular formula is C18H19ClN2O2. The monoisotopic (exact) mass is 330 g/mol. The number of rotatable bonds is 3. The first-order valence-corrected chi connectivity index (χ1v) is 8.58. The lowest BCUT2D eigenvalue weighted by Gasteiger charge is -2.36. The van der Waals surface area contributed by atoms with Gasteiger partial charge in [-0.05, 0) is 57.0 Å². The Morgan fingerprint density at radius 2 is 2.04 bits per heavy atom. The smallest absolute Gasteiger partial charge is 0.337 e. The number of nitrogens with zero attached hydrogens (tertiary/aromatic N) is 2. The van der Waals surface area contributed by atoms with Crippen molar-refractivity contribution in [3.8, 4) is 0 Å². The maximum atomic E-state index is 11.4. The predicted octanol–water partition coefficient (Wildman–Crippen LogP) is 3.93. The van der Waals surface area contributed by atoms with Crippen LogP contribution in [0.4, 0.5) is 0 Å². The molecule has 2 fully saturated rings. The van der Waals surface area contributed by atoms with E-state index in [1.54, 1.807) is 6.07 Å². The van der Waals surface area contributed by atoms with Gasteiger partial charge < -0.3 is 10.0 Å². The van der Waals surface area contributed by atoms with E-state index in [4.69, 9.17) is 16.6 Å². The number of halogens is 1.